The van der Waals surface area contributed by atoms with E-state index >= 15 is 0 Å². The first-order valence-corrected chi connectivity index (χ1v) is 3.59. The lowest BCUT2D eigenvalue weighted by Gasteiger charge is -2.08. The second-order valence-corrected chi connectivity index (χ2v) is 3.36. The van der Waals surface area contributed by atoms with Crippen molar-refractivity contribution in [1.29, 1.82) is 0 Å². The minimum atomic E-state index is 0.222. The third kappa shape index (κ3) is 0.485. The van der Waals surface area contributed by atoms with Crippen LogP contribution in [0.25, 0.3) is 0 Å². The first kappa shape index (κ1) is 5.48. The van der Waals surface area contributed by atoms with Gasteiger partial charge in [-0.05, 0) is 25.2 Å². The molecule has 50 valence electrons. The van der Waals surface area contributed by atoms with Crippen LogP contribution in [0.2, 0.25) is 0 Å². The molecule has 0 heterocycles. The minimum Gasteiger partial charge on any atom is -0.395 e. The van der Waals surface area contributed by atoms with Crippen molar-refractivity contribution in [3.8, 4) is 0 Å². The lowest BCUT2D eigenvalue weighted by atomic mass is 10.0. The first-order valence-electron chi connectivity index (χ1n) is 3.59. The van der Waals surface area contributed by atoms with Crippen LogP contribution in [0.1, 0.15) is 19.3 Å². The highest BCUT2D eigenvalue weighted by Gasteiger charge is 2.58. The summed E-state index contributed by atoms with van der Waals surface area (Å²) >= 11 is 0. The predicted octanol–water partition coefficient (Wildman–Crippen LogP) is 1.33. The Labute approximate surface area is 55.4 Å². The number of hydrogen-bond acceptors (Lipinski definition) is 1. The molecule has 0 aromatic carbocycles. The number of fused-ring (bicyclic) bond motifs is 1. The van der Waals surface area contributed by atoms with Crippen LogP contribution in [0.4, 0.5) is 0 Å². The van der Waals surface area contributed by atoms with Crippen LogP contribution in [0, 0.1) is 11.3 Å². The topological polar surface area (TPSA) is 20.2 Å². The molecule has 2 fully saturated rings. The van der Waals surface area contributed by atoms with Crippen LogP contribution in [-0.4, -0.2) is 11.7 Å². The molecule has 0 radical (unpaired) electrons. The summed E-state index contributed by atoms with van der Waals surface area (Å²) in [7, 11) is 0. The number of aliphatic hydroxyl groups excluding tert-OH is 1. The molecule has 0 aromatic heterocycles. The van der Waals surface area contributed by atoms with Crippen molar-refractivity contribution in [3.63, 3.8) is 0 Å². The van der Waals surface area contributed by atoms with E-state index in [1.165, 1.54) is 18.4 Å². The van der Waals surface area contributed by atoms with Crippen molar-refractivity contribution < 1.29 is 5.11 Å². The van der Waals surface area contributed by atoms with Gasteiger partial charge in [0, 0.05) is 5.41 Å². The Kier molecular flexibility index (Phi) is 0.854. The van der Waals surface area contributed by atoms with E-state index in [2.05, 4.69) is 6.58 Å². The lowest BCUT2D eigenvalue weighted by Crippen LogP contribution is -2.06. The molecule has 0 aromatic rings. The van der Waals surface area contributed by atoms with E-state index < -0.39 is 0 Å². The summed E-state index contributed by atoms with van der Waals surface area (Å²) in [4.78, 5) is 0. The number of rotatable bonds is 1. The smallest absolute Gasteiger partial charge is 0.0527 e. The highest BCUT2D eigenvalue weighted by molar-refractivity contribution is 5.28. The first-order chi connectivity index (χ1) is 4.29. The summed E-state index contributed by atoms with van der Waals surface area (Å²) < 4.78 is 0. The zero-order chi connectivity index (χ0) is 6.48. The van der Waals surface area contributed by atoms with Crippen molar-refractivity contribution in [2.45, 2.75) is 19.3 Å². The van der Waals surface area contributed by atoms with Gasteiger partial charge in [0.2, 0.25) is 0 Å². The van der Waals surface area contributed by atoms with Gasteiger partial charge in [-0.25, -0.2) is 0 Å². The van der Waals surface area contributed by atoms with Crippen LogP contribution in [0.15, 0.2) is 12.2 Å². The maximum absolute atomic E-state index is 8.98. The Morgan fingerprint density at radius 2 is 2.56 bits per heavy atom. The zero-order valence-corrected chi connectivity index (χ0v) is 5.56. The summed E-state index contributed by atoms with van der Waals surface area (Å²) in [6.45, 7) is 4.30. The standard InChI is InChI=1S/C8H12O/c1-6-2-3-7-4-8(6,7)5-9/h7,9H,1-5H2/t7-,8+/m1/s1. The van der Waals surface area contributed by atoms with Gasteiger partial charge >= 0.3 is 0 Å². The summed E-state index contributed by atoms with van der Waals surface area (Å²) in [5, 5.41) is 8.98. The molecule has 1 heteroatoms. The van der Waals surface area contributed by atoms with Gasteiger partial charge in [0.25, 0.3) is 0 Å². The third-order valence-corrected chi connectivity index (χ3v) is 3.01. The molecule has 2 aliphatic rings. The highest BCUT2D eigenvalue weighted by atomic mass is 16.3. The van der Waals surface area contributed by atoms with Crippen LogP contribution in [0.5, 0.6) is 0 Å². The van der Waals surface area contributed by atoms with Crippen molar-refractivity contribution in [3.05, 3.63) is 12.2 Å². The fraction of sp³-hybridized carbons (Fsp3) is 0.750. The van der Waals surface area contributed by atoms with E-state index in [4.69, 9.17) is 5.11 Å². The fourth-order valence-corrected chi connectivity index (χ4v) is 2.09. The third-order valence-electron chi connectivity index (χ3n) is 3.01. The molecule has 0 amide bonds. The van der Waals surface area contributed by atoms with Crippen LogP contribution >= 0.6 is 0 Å². The van der Waals surface area contributed by atoms with Gasteiger partial charge in [-0.3, -0.25) is 0 Å². The van der Waals surface area contributed by atoms with Gasteiger partial charge in [0.1, 0.15) is 0 Å². The number of hydrogen-bond donors (Lipinski definition) is 1. The van der Waals surface area contributed by atoms with Crippen LogP contribution < -0.4 is 0 Å². The Balaban J connectivity index is 2.23. The SMILES string of the molecule is C=C1CC[C@@H]2C[C@]12CO. The van der Waals surface area contributed by atoms with E-state index in [0.29, 0.717) is 6.61 Å². The highest BCUT2D eigenvalue weighted by Crippen LogP contribution is 2.65. The molecule has 2 aliphatic carbocycles. The van der Waals surface area contributed by atoms with E-state index in [-0.39, 0.29) is 5.41 Å². The molecule has 1 nitrogen and oxygen atoms in total. The molecule has 9 heavy (non-hydrogen) atoms. The van der Waals surface area contributed by atoms with Gasteiger partial charge in [-0.15, -0.1) is 0 Å². The second-order valence-electron chi connectivity index (χ2n) is 3.36. The summed E-state index contributed by atoms with van der Waals surface area (Å²) in [6.07, 6.45) is 3.65. The Hall–Kier alpha value is -0.300. The molecule has 0 spiro atoms. The summed E-state index contributed by atoms with van der Waals surface area (Å²) in [5.74, 6) is 0.801. The van der Waals surface area contributed by atoms with Gasteiger partial charge in [0.15, 0.2) is 0 Å². The van der Waals surface area contributed by atoms with Crippen molar-refractivity contribution in [2.75, 3.05) is 6.61 Å². The maximum atomic E-state index is 8.98. The zero-order valence-electron chi connectivity index (χ0n) is 5.56. The van der Waals surface area contributed by atoms with Crippen LogP contribution in [-0.2, 0) is 0 Å². The minimum absolute atomic E-state index is 0.222. The average molecular weight is 124 g/mol. The molecule has 1 N–H and O–H groups in total. The molecule has 2 atom stereocenters. The van der Waals surface area contributed by atoms with Gasteiger partial charge in [-0.2, -0.15) is 0 Å². The van der Waals surface area contributed by atoms with E-state index in [0.717, 1.165) is 12.3 Å². The predicted molar refractivity (Wildman–Crippen MR) is 36.0 cm³/mol. The van der Waals surface area contributed by atoms with Crippen molar-refractivity contribution >= 4 is 0 Å². The Morgan fingerprint density at radius 1 is 1.78 bits per heavy atom. The largest absolute Gasteiger partial charge is 0.395 e. The monoisotopic (exact) mass is 124 g/mol. The van der Waals surface area contributed by atoms with Crippen molar-refractivity contribution in [2.24, 2.45) is 11.3 Å². The molecular formula is C8H12O. The van der Waals surface area contributed by atoms with Crippen LogP contribution in [0.3, 0.4) is 0 Å². The lowest BCUT2D eigenvalue weighted by molar-refractivity contribution is 0.231. The van der Waals surface area contributed by atoms with E-state index in [1.54, 1.807) is 0 Å². The van der Waals surface area contributed by atoms with Gasteiger partial charge < -0.3 is 5.11 Å². The molecule has 2 saturated carbocycles. The molecule has 0 aliphatic heterocycles. The Bertz CT molecular complexity index is 158. The molecule has 0 saturated heterocycles. The molecule has 2 rings (SSSR count). The normalized spacial score (nSPS) is 47.2. The Morgan fingerprint density at radius 3 is 2.78 bits per heavy atom. The van der Waals surface area contributed by atoms with E-state index in [9.17, 15) is 0 Å². The average Bonchev–Trinajstić information content (AvgIpc) is 2.52. The molecule has 0 bridgehead atoms. The summed E-state index contributed by atoms with van der Waals surface area (Å²) in [5.41, 5.74) is 1.52. The molecular weight excluding hydrogens is 112 g/mol. The van der Waals surface area contributed by atoms with Gasteiger partial charge in [-0.1, -0.05) is 12.2 Å². The quantitative estimate of drug-likeness (QED) is 0.523. The summed E-state index contributed by atoms with van der Waals surface area (Å²) in [6, 6.07) is 0. The second kappa shape index (κ2) is 1.40. The fourth-order valence-electron chi connectivity index (χ4n) is 2.09. The maximum Gasteiger partial charge on any atom is 0.0527 e. The van der Waals surface area contributed by atoms with E-state index in [1.807, 2.05) is 0 Å². The molecule has 0 unspecified atom stereocenters. The number of aliphatic hydroxyl groups is 1. The van der Waals surface area contributed by atoms with Crippen molar-refractivity contribution in [1.82, 2.24) is 0 Å². The van der Waals surface area contributed by atoms with Gasteiger partial charge in [0.05, 0.1) is 6.61 Å².